The lowest BCUT2D eigenvalue weighted by molar-refractivity contribution is -0.238. The number of carbonyl (C=O) groups is 6. The van der Waals surface area contributed by atoms with Crippen molar-refractivity contribution in [3.05, 3.63) is 83.0 Å². The summed E-state index contributed by atoms with van der Waals surface area (Å²) in [5, 5.41) is 20.9. The average molecular weight is 819 g/mol. The van der Waals surface area contributed by atoms with E-state index in [-0.39, 0.29) is 70.0 Å². The van der Waals surface area contributed by atoms with Gasteiger partial charge in [-0.1, -0.05) is 13.2 Å². The molecule has 14 nitrogen and oxygen atoms in total. The Labute approximate surface area is 346 Å². The first-order valence-corrected chi connectivity index (χ1v) is 19.5. The number of rotatable bonds is 10. The van der Waals surface area contributed by atoms with E-state index in [1.54, 1.807) is 46.4 Å². The largest absolute Gasteiger partial charge is 0.507 e. The van der Waals surface area contributed by atoms with E-state index in [0.717, 1.165) is 6.08 Å². The zero-order chi connectivity index (χ0) is 44.8. The molecule has 2 fully saturated rings. The first-order chi connectivity index (χ1) is 27.1. The van der Waals surface area contributed by atoms with E-state index in [1.165, 1.54) is 62.9 Å². The summed E-state index contributed by atoms with van der Waals surface area (Å²) in [4.78, 5) is 87.9. The van der Waals surface area contributed by atoms with Gasteiger partial charge in [0.25, 0.3) is 0 Å². The normalized spacial score (nSPS) is 19.5. The molecule has 14 heteroatoms. The van der Waals surface area contributed by atoms with E-state index in [9.17, 15) is 34.2 Å². The summed E-state index contributed by atoms with van der Waals surface area (Å²) in [6.45, 7) is 27.5. The molecule has 1 atom stereocenters. The number of amides is 2. The minimum absolute atomic E-state index is 0.0465. The molecule has 2 aliphatic rings. The number of aromatic hydroxyl groups is 2. The molecule has 0 radical (unpaired) electrons. The Morgan fingerprint density at radius 1 is 0.644 bits per heavy atom. The number of phenols is 2. The molecule has 0 saturated carbocycles. The van der Waals surface area contributed by atoms with Crippen LogP contribution in [0.4, 0.5) is 0 Å². The van der Waals surface area contributed by atoms with Crippen LogP contribution in [-0.4, -0.2) is 95.9 Å². The molecule has 1 unspecified atom stereocenters. The first-order valence-electron chi connectivity index (χ1n) is 19.5. The van der Waals surface area contributed by atoms with Crippen LogP contribution in [0.3, 0.4) is 0 Å². The lowest BCUT2D eigenvalue weighted by Crippen LogP contribution is -2.68. The minimum atomic E-state index is -3.56. The molecule has 59 heavy (non-hydrogen) atoms. The molecule has 2 N–H and O–H groups in total. The molecule has 2 saturated heterocycles. The van der Waals surface area contributed by atoms with Crippen LogP contribution >= 0.6 is 0 Å². The van der Waals surface area contributed by atoms with Crippen LogP contribution in [-0.2, 0) is 38.1 Å². The standard InChI is InChI=1S/C45H58N2O12/c1-15-33(48)46-42(9,10)23-31(24-43(46,11)12)56-39(54)45(58-37(52)29-19-25(3)35(50)26(4)20-29,59-38(53)30-21-27(5)36(51)28(6)22-30)40(55)57-32-17-18-41(7,8)47(34(49)16-2)44(32,13)14/h15-16,19-22,31-32,50-51H,1-2,17-18,23-24H2,3-14H3. The molecule has 2 amide bonds. The Morgan fingerprint density at radius 2 is 1.02 bits per heavy atom. The quantitative estimate of drug-likeness (QED) is 0.0862. The molecule has 2 aliphatic heterocycles. The number of carbonyl (C=O) groups excluding carboxylic acids is 6. The summed E-state index contributed by atoms with van der Waals surface area (Å²) >= 11 is 0. The van der Waals surface area contributed by atoms with Crippen molar-refractivity contribution in [2.75, 3.05) is 0 Å². The maximum atomic E-state index is 15.0. The van der Waals surface area contributed by atoms with Crippen molar-refractivity contribution in [3.63, 3.8) is 0 Å². The van der Waals surface area contributed by atoms with Crippen molar-refractivity contribution < 1.29 is 57.9 Å². The molecule has 0 bridgehead atoms. The van der Waals surface area contributed by atoms with Gasteiger partial charge in [-0.25, -0.2) is 19.2 Å². The van der Waals surface area contributed by atoms with E-state index in [4.69, 9.17) is 18.9 Å². The highest BCUT2D eigenvalue weighted by Crippen LogP contribution is 2.43. The summed E-state index contributed by atoms with van der Waals surface area (Å²) < 4.78 is 23.8. The minimum Gasteiger partial charge on any atom is -0.507 e. The second kappa shape index (κ2) is 16.2. The molecule has 2 heterocycles. The second-order valence-corrected chi connectivity index (χ2v) is 18.0. The fraction of sp³-hybridized carbons (Fsp3) is 0.511. The number of likely N-dealkylation sites (tertiary alicyclic amines) is 2. The maximum Gasteiger partial charge on any atom is 0.457 e. The van der Waals surface area contributed by atoms with Gasteiger partial charge in [0.15, 0.2) is 0 Å². The van der Waals surface area contributed by atoms with Gasteiger partial charge in [0.05, 0.1) is 16.7 Å². The number of esters is 4. The van der Waals surface area contributed by atoms with Crippen LogP contribution < -0.4 is 0 Å². The van der Waals surface area contributed by atoms with Gasteiger partial charge in [0, 0.05) is 29.5 Å². The molecule has 0 spiro atoms. The summed E-state index contributed by atoms with van der Waals surface area (Å²) in [7, 11) is 0. The lowest BCUT2D eigenvalue weighted by Gasteiger charge is -2.55. The SMILES string of the molecule is C=CC(=O)N1C(C)(C)CC(OC(=O)C(OC(=O)c2cc(C)c(O)c(C)c2)(OC(=O)c2cc(C)c(O)c(C)c2)C(=O)OC2CCC(C)(C)N(C(=O)C=C)C2(C)C)CC1(C)C. The first kappa shape index (κ1) is 46.0. The van der Waals surface area contributed by atoms with Gasteiger partial charge in [0.2, 0.25) is 11.8 Å². The van der Waals surface area contributed by atoms with E-state index in [1.807, 2.05) is 13.8 Å². The number of hydrogen-bond acceptors (Lipinski definition) is 12. The second-order valence-electron chi connectivity index (χ2n) is 18.0. The molecule has 0 aliphatic carbocycles. The van der Waals surface area contributed by atoms with E-state index < -0.39 is 69.9 Å². The van der Waals surface area contributed by atoms with Crippen molar-refractivity contribution in [3.8, 4) is 11.5 Å². The van der Waals surface area contributed by atoms with Crippen LogP contribution in [0.1, 0.15) is 124 Å². The molecular weight excluding hydrogens is 760 g/mol. The average Bonchev–Trinajstić information content (AvgIpc) is 3.11. The van der Waals surface area contributed by atoms with E-state index in [2.05, 4.69) is 13.2 Å². The Balaban J connectivity index is 1.93. The van der Waals surface area contributed by atoms with E-state index >= 15 is 4.79 Å². The van der Waals surface area contributed by atoms with Gasteiger partial charge in [-0.3, -0.25) is 9.59 Å². The fourth-order valence-electron chi connectivity index (χ4n) is 8.94. The van der Waals surface area contributed by atoms with Gasteiger partial charge in [-0.2, -0.15) is 0 Å². The number of phenolic OH excluding ortho intramolecular Hbond substituents is 2. The van der Waals surface area contributed by atoms with Crippen LogP contribution in [0.2, 0.25) is 0 Å². The predicted molar refractivity (Wildman–Crippen MR) is 217 cm³/mol. The summed E-state index contributed by atoms with van der Waals surface area (Å²) in [6, 6.07) is 5.07. The summed E-state index contributed by atoms with van der Waals surface area (Å²) in [5.74, 6) is -10.4. The Kier molecular flexibility index (Phi) is 12.6. The van der Waals surface area contributed by atoms with Crippen LogP contribution in [0.25, 0.3) is 0 Å². The van der Waals surface area contributed by atoms with Gasteiger partial charge in [0.1, 0.15) is 23.7 Å². The van der Waals surface area contributed by atoms with Crippen molar-refractivity contribution >= 4 is 35.7 Å². The number of ether oxygens (including phenoxy) is 4. The molecule has 320 valence electrons. The van der Waals surface area contributed by atoms with Gasteiger partial charge >= 0.3 is 29.7 Å². The van der Waals surface area contributed by atoms with Crippen molar-refractivity contribution in [1.29, 1.82) is 0 Å². The van der Waals surface area contributed by atoms with E-state index in [0.29, 0.717) is 6.42 Å². The van der Waals surface area contributed by atoms with Crippen molar-refractivity contribution in [2.24, 2.45) is 0 Å². The number of hydrogen-bond donors (Lipinski definition) is 2. The van der Waals surface area contributed by atoms with Crippen molar-refractivity contribution in [1.82, 2.24) is 9.80 Å². The highest BCUT2D eigenvalue weighted by atomic mass is 16.8. The molecule has 2 aromatic carbocycles. The number of piperidine rings is 2. The Morgan fingerprint density at radius 3 is 1.41 bits per heavy atom. The molecular formula is C45H58N2O12. The number of benzene rings is 2. The topological polar surface area (TPSA) is 186 Å². The Hall–Kier alpha value is -5.66. The van der Waals surface area contributed by atoms with Crippen LogP contribution in [0.5, 0.6) is 11.5 Å². The third-order valence-electron chi connectivity index (χ3n) is 11.4. The third kappa shape index (κ3) is 8.86. The molecule has 4 rings (SSSR count). The molecule has 2 aromatic rings. The van der Waals surface area contributed by atoms with Crippen LogP contribution in [0.15, 0.2) is 49.6 Å². The zero-order valence-electron chi connectivity index (χ0n) is 36.2. The number of nitrogens with zero attached hydrogens (tertiary/aromatic N) is 2. The third-order valence-corrected chi connectivity index (χ3v) is 11.4. The number of aryl methyl sites for hydroxylation is 4. The molecule has 0 aromatic heterocycles. The zero-order valence-corrected chi connectivity index (χ0v) is 36.2. The monoisotopic (exact) mass is 818 g/mol. The predicted octanol–water partition coefficient (Wildman–Crippen LogP) is 6.60. The van der Waals surface area contributed by atoms with Gasteiger partial charge < -0.3 is 39.0 Å². The summed E-state index contributed by atoms with van der Waals surface area (Å²) in [5.41, 5.74) is -3.20. The fourth-order valence-corrected chi connectivity index (χ4v) is 8.94. The smallest absolute Gasteiger partial charge is 0.457 e. The lowest BCUT2D eigenvalue weighted by atomic mass is 9.77. The van der Waals surface area contributed by atoms with Crippen LogP contribution in [0, 0.1) is 27.7 Å². The van der Waals surface area contributed by atoms with Gasteiger partial charge in [-0.15, -0.1) is 0 Å². The van der Waals surface area contributed by atoms with Gasteiger partial charge in [-0.05, 0) is 155 Å². The maximum absolute atomic E-state index is 15.0. The van der Waals surface area contributed by atoms with Crippen molar-refractivity contribution in [2.45, 2.75) is 149 Å². The highest BCUT2D eigenvalue weighted by Gasteiger charge is 2.62. The summed E-state index contributed by atoms with van der Waals surface area (Å²) in [6.07, 6.45) is 0.732. The Bertz CT molecular complexity index is 1960. The highest BCUT2D eigenvalue weighted by molar-refractivity contribution is 6.08.